The summed E-state index contributed by atoms with van der Waals surface area (Å²) in [7, 11) is 3.31. The van der Waals surface area contributed by atoms with Crippen LogP contribution in [-0.2, 0) is 13.1 Å². The van der Waals surface area contributed by atoms with Gasteiger partial charge in [0.25, 0.3) is 0 Å². The van der Waals surface area contributed by atoms with Gasteiger partial charge in [0, 0.05) is 13.1 Å². The van der Waals surface area contributed by atoms with E-state index in [-0.39, 0.29) is 0 Å². The van der Waals surface area contributed by atoms with Gasteiger partial charge >= 0.3 is 0 Å². The highest BCUT2D eigenvalue weighted by molar-refractivity contribution is 5.79. The van der Waals surface area contributed by atoms with Crippen LogP contribution < -0.4 is 15.4 Å². The van der Waals surface area contributed by atoms with Crippen molar-refractivity contribution in [3.05, 3.63) is 41.2 Å². The van der Waals surface area contributed by atoms with E-state index in [1.807, 2.05) is 32.0 Å². The van der Waals surface area contributed by atoms with Gasteiger partial charge in [-0.05, 0) is 19.9 Å². The highest BCUT2D eigenvalue weighted by Crippen LogP contribution is 2.08. The van der Waals surface area contributed by atoms with Crippen LogP contribution in [0, 0.1) is 13.8 Å². The lowest BCUT2D eigenvalue weighted by Gasteiger charge is -2.10. The number of guanidine groups is 1. The first-order valence-electron chi connectivity index (χ1n) is 6.99. The van der Waals surface area contributed by atoms with Gasteiger partial charge < -0.3 is 19.8 Å². The van der Waals surface area contributed by atoms with Crippen molar-refractivity contribution in [2.45, 2.75) is 26.9 Å². The number of hydrogen-bond acceptors (Lipinski definition) is 5. The molecule has 0 amide bonds. The zero-order valence-electron chi connectivity index (χ0n) is 13.3. The quantitative estimate of drug-likeness (QED) is 0.644. The predicted octanol–water partition coefficient (Wildman–Crippen LogP) is 1.56. The summed E-state index contributed by atoms with van der Waals surface area (Å²) in [5, 5.41) is 6.33. The Labute approximate surface area is 129 Å². The van der Waals surface area contributed by atoms with Crippen LogP contribution in [0.15, 0.2) is 27.6 Å². The van der Waals surface area contributed by atoms with Crippen molar-refractivity contribution in [1.29, 1.82) is 0 Å². The molecule has 0 atom stereocenters. The van der Waals surface area contributed by atoms with Crippen molar-refractivity contribution in [3.8, 4) is 5.88 Å². The van der Waals surface area contributed by atoms with Gasteiger partial charge in [-0.15, -0.1) is 0 Å². The fourth-order valence-electron chi connectivity index (χ4n) is 1.84. The standard InChI is InChI=1S/C15H21N5O2/c1-10-11(2)22-14(19-10)9-18-15(16-3)17-8-12-6-5-7-13(20-12)21-4/h5-7H,8-9H2,1-4H3,(H2,16,17,18). The van der Waals surface area contributed by atoms with Gasteiger partial charge in [-0.3, -0.25) is 4.99 Å². The highest BCUT2D eigenvalue weighted by atomic mass is 16.5. The molecule has 0 aliphatic rings. The highest BCUT2D eigenvalue weighted by Gasteiger charge is 2.06. The van der Waals surface area contributed by atoms with Crippen molar-refractivity contribution in [3.63, 3.8) is 0 Å². The molecule has 0 unspecified atom stereocenters. The minimum absolute atomic E-state index is 0.472. The van der Waals surface area contributed by atoms with Crippen LogP contribution in [-0.4, -0.2) is 30.1 Å². The number of methoxy groups -OCH3 is 1. The van der Waals surface area contributed by atoms with Gasteiger partial charge in [-0.2, -0.15) is 0 Å². The second kappa shape index (κ2) is 7.44. The molecule has 0 radical (unpaired) electrons. The molecule has 2 heterocycles. The Kier molecular flexibility index (Phi) is 5.35. The van der Waals surface area contributed by atoms with E-state index >= 15 is 0 Å². The van der Waals surface area contributed by atoms with E-state index in [1.165, 1.54) is 0 Å². The van der Waals surface area contributed by atoms with E-state index in [4.69, 9.17) is 9.15 Å². The fourth-order valence-corrected chi connectivity index (χ4v) is 1.84. The molecule has 0 spiro atoms. The van der Waals surface area contributed by atoms with Crippen LogP contribution in [0.2, 0.25) is 0 Å². The minimum Gasteiger partial charge on any atom is -0.481 e. The molecule has 2 aromatic rings. The first kappa shape index (κ1) is 15.8. The lowest BCUT2D eigenvalue weighted by atomic mass is 10.3. The summed E-state index contributed by atoms with van der Waals surface area (Å²) >= 11 is 0. The molecule has 0 saturated heterocycles. The number of nitrogens with one attached hydrogen (secondary N) is 2. The first-order chi connectivity index (χ1) is 10.6. The van der Waals surface area contributed by atoms with E-state index in [0.717, 1.165) is 17.1 Å². The van der Waals surface area contributed by atoms with Crippen molar-refractivity contribution < 1.29 is 9.15 Å². The Bertz CT molecular complexity index is 632. The zero-order chi connectivity index (χ0) is 15.9. The third-order valence-electron chi connectivity index (χ3n) is 3.13. The Balaban J connectivity index is 1.87. The van der Waals surface area contributed by atoms with Gasteiger partial charge in [0.15, 0.2) is 5.96 Å². The Morgan fingerprint density at radius 1 is 1.23 bits per heavy atom. The molecule has 0 aliphatic carbocycles. The molecule has 0 saturated carbocycles. The van der Waals surface area contributed by atoms with Crippen molar-refractivity contribution in [1.82, 2.24) is 20.6 Å². The smallest absolute Gasteiger partial charge is 0.214 e. The third kappa shape index (κ3) is 4.21. The van der Waals surface area contributed by atoms with E-state index < -0.39 is 0 Å². The Morgan fingerprint density at radius 2 is 2.00 bits per heavy atom. The van der Waals surface area contributed by atoms with Gasteiger partial charge in [0.1, 0.15) is 5.76 Å². The number of aromatic nitrogens is 2. The van der Waals surface area contributed by atoms with Gasteiger partial charge in [0.05, 0.1) is 31.6 Å². The lowest BCUT2D eigenvalue weighted by molar-refractivity contribution is 0.396. The summed E-state index contributed by atoms with van der Waals surface area (Å²) in [5.74, 6) is 2.71. The number of oxazole rings is 1. The summed E-state index contributed by atoms with van der Waals surface area (Å²) in [6.07, 6.45) is 0. The maximum absolute atomic E-state index is 5.52. The summed E-state index contributed by atoms with van der Waals surface area (Å²) in [4.78, 5) is 12.8. The summed E-state index contributed by atoms with van der Waals surface area (Å²) in [6.45, 7) is 4.83. The molecule has 0 fully saturated rings. The van der Waals surface area contributed by atoms with Crippen LogP contribution >= 0.6 is 0 Å². The summed E-state index contributed by atoms with van der Waals surface area (Å²) in [6, 6.07) is 5.63. The van der Waals surface area contributed by atoms with Gasteiger partial charge in [0.2, 0.25) is 11.8 Å². The second-order valence-electron chi connectivity index (χ2n) is 4.70. The molecule has 2 N–H and O–H groups in total. The monoisotopic (exact) mass is 303 g/mol. The summed E-state index contributed by atoms with van der Waals surface area (Å²) < 4.78 is 10.6. The van der Waals surface area contributed by atoms with E-state index in [1.54, 1.807) is 14.2 Å². The molecule has 7 heteroatoms. The van der Waals surface area contributed by atoms with Crippen LogP contribution in [0.3, 0.4) is 0 Å². The molecule has 118 valence electrons. The third-order valence-corrected chi connectivity index (χ3v) is 3.13. The van der Waals surface area contributed by atoms with E-state index in [9.17, 15) is 0 Å². The molecular weight excluding hydrogens is 282 g/mol. The molecule has 0 bridgehead atoms. The SMILES string of the molecule is CN=C(NCc1cccc(OC)n1)NCc1nc(C)c(C)o1. The van der Waals surface area contributed by atoms with Crippen LogP contribution in [0.1, 0.15) is 23.0 Å². The zero-order valence-corrected chi connectivity index (χ0v) is 13.3. The normalized spacial score (nSPS) is 11.4. The molecular formula is C15H21N5O2. The second-order valence-corrected chi connectivity index (χ2v) is 4.70. The predicted molar refractivity (Wildman–Crippen MR) is 83.8 cm³/mol. The van der Waals surface area contributed by atoms with Crippen LogP contribution in [0.5, 0.6) is 5.88 Å². The van der Waals surface area contributed by atoms with Gasteiger partial charge in [-0.1, -0.05) is 6.07 Å². The van der Waals surface area contributed by atoms with Crippen LogP contribution in [0.4, 0.5) is 0 Å². The lowest BCUT2D eigenvalue weighted by Crippen LogP contribution is -2.36. The Morgan fingerprint density at radius 3 is 2.64 bits per heavy atom. The average Bonchev–Trinajstić information content (AvgIpc) is 2.86. The molecule has 2 rings (SSSR count). The first-order valence-corrected chi connectivity index (χ1v) is 6.99. The average molecular weight is 303 g/mol. The number of rotatable bonds is 5. The molecule has 2 aromatic heterocycles. The number of nitrogens with zero attached hydrogens (tertiary/aromatic N) is 3. The van der Waals surface area contributed by atoms with Gasteiger partial charge in [-0.25, -0.2) is 9.97 Å². The Hall–Kier alpha value is -2.57. The maximum Gasteiger partial charge on any atom is 0.214 e. The summed E-state index contributed by atoms with van der Waals surface area (Å²) in [5.41, 5.74) is 1.77. The number of aliphatic imine (C=N–C) groups is 1. The minimum atomic E-state index is 0.472. The number of ether oxygens (including phenoxy) is 1. The maximum atomic E-state index is 5.52. The van der Waals surface area contributed by atoms with Crippen LogP contribution in [0.25, 0.3) is 0 Å². The molecule has 0 aliphatic heterocycles. The van der Waals surface area contributed by atoms with Crippen molar-refractivity contribution >= 4 is 5.96 Å². The van der Waals surface area contributed by atoms with Crippen molar-refractivity contribution in [2.24, 2.45) is 4.99 Å². The molecule has 7 nitrogen and oxygen atoms in total. The molecule has 22 heavy (non-hydrogen) atoms. The van der Waals surface area contributed by atoms with E-state index in [2.05, 4.69) is 25.6 Å². The largest absolute Gasteiger partial charge is 0.481 e. The fraction of sp³-hybridized carbons (Fsp3) is 0.400. The number of aryl methyl sites for hydroxylation is 2. The number of hydrogen-bond donors (Lipinski definition) is 2. The topological polar surface area (TPSA) is 84.6 Å². The number of pyridine rings is 1. The van der Waals surface area contributed by atoms with E-state index in [0.29, 0.717) is 30.8 Å². The molecule has 0 aromatic carbocycles. The van der Waals surface area contributed by atoms with Crippen molar-refractivity contribution in [2.75, 3.05) is 14.2 Å².